The molecule has 1 aromatic rings. The van der Waals surface area contributed by atoms with Crippen LogP contribution >= 0.6 is 11.6 Å². The van der Waals surface area contributed by atoms with Crippen molar-refractivity contribution < 1.29 is 4.39 Å². The second-order valence-corrected chi connectivity index (χ2v) is 4.46. The van der Waals surface area contributed by atoms with Crippen molar-refractivity contribution in [1.29, 1.82) is 0 Å². The van der Waals surface area contributed by atoms with Crippen molar-refractivity contribution in [3.63, 3.8) is 0 Å². The molecule has 1 N–H and O–H groups in total. The topological polar surface area (TPSA) is 24.9 Å². The van der Waals surface area contributed by atoms with Gasteiger partial charge in [0, 0.05) is 11.7 Å². The Labute approximate surface area is 87.5 Å². The van der Waals surface area contributed by atoms with Gasteiger partial charge in [-0.25, -0.2) is 9.37 Å². The highest BCUT2D eigenvalue weighted by molar-refractivity contribution is 6.30. The van der Waals surface area contributed by atoms with Crippen LogP contribution in [0.15, 0.2) is 12.3 Å². The van der Waals surface area contributed by atoms with Crippen molar-refractivity contribution in [2.45, 2.75) is 31.7 Å². The van der Waals surface area contributed by atoms with Gasteiger partial charge in [-0.15, -0.1) is 0 Å². The lowest BCUT2D eigenvalue weighted by molar-refractivity contribution is 0.304. The number of halogens is 2. The number of rotatable bonds is 2. The number of nitrogens with zero attached hydrogens (tertiary/aromatic N) is 1. The zero-order valence-corrected chi connectivity index (χ0v) is 8.74. The van der Waals surface area contributed by atoms with Crippen LogP contribution in [0, 0.1) is 5.82 Å². The average Bonchev–Trinajstić information content (AvgIpc) is 2.07. The summed E-state index contributed by atoms with van der Waals surface area (Å²) in [6.07, 6.45) is 4.78. The fraction of sp³-hybridized carbons (Fsp3) is 0.500. The number of nitrogens with one attached hydrogen (secondary N) is 1. The molecule has 1 aliphatic carbocycles. The van der Waals surface area contributed by atoms with E-state index in [1.165, 1.54) is 18.7 Å². The van der Waals surface area contributed by atoms with Gasteiger partial charge in [-0.2, -0.15) is 0 Å². The highest BCUT2D eigenvalue weighted by Gasteiger charge is 2.32. The monoisotopic (exact) mass is 214 g/mol. The molecule has 1 saturated carbocycles. The molecular weight excluding hydrogens is 203 g/mol. The molecule has 4 heteroatoms. The summed E-state index contributed by atoms with van der Waals surface area (Å²) in [5, 5.41) is 3.43. The van der Waals surface area contributed by atoms with Gasteiger partial charge >= 0.3 is 0 Å². The van der Waals surface area contributed by atoms with E-state index in [9.17, 15) is 4.39 Å². The molecule has 1 aromatic heterocycles. The number of anilines is 1. The van der Waals surface area contributed by atoms with Crippen molar-refractivity contribution >= 4 is 17.4 Å². The molecule has 0 radical (unpaired) electrons. The Morgan fingerprint density at radius 1 is 1.57 bits per heavy atom. The molecule has 0 unspecified atom stereocenters. The second kappa shape index (κ2) is 3.39. The summed E-state index contributed by atoms with van der Waals surface area (Å²) in [7, 11) is 0. The maximum Gasteiger partial charge on any atom is 0.166 e. The molecule has 2 rings (SSSR count). The van der Waals surface area contributed by atoms with Crippen molar-refractivity contribution in [1.82, 2.24) is 4.98 Å². The van der Waals surface area contributed by atoms with Crippen molar-refractivity contribution in [3.8, 4) is 0 Å². The summed E-state index contributed by atoms with van der Waals surface area (Å²) in [6, 6.07) is 1.28. The average molecular weight is 215 g/mol. The lowest BCUT2D eigenvalue weighted by atomic mass is 9.78. The molecular formula is C10H12ClFN2. The van der Waals surface area contributed by atoms with Crippen LogP contribution in [0.3, 0.4) is 0 Å². The van der Waals surface area contributed by atoms with E-state index in [0.717, 1.165) is 12.8 Å². The van der Waals surface area contributed by atoms with Crippen LogP contribution in [0.2, 0.25) is 5.02 Å². The first kappa shape index (κ1) is 9.71. The molecule has 0 bridgehead atoms. The highest BCUT2D eigenvalue weighted by atomic mass is 35.5. The molecule has 0 spiro atoms. The minimum Gasteiger partial charge on any atom is -0.362 e. The predicted octanol–water partition coefficient (Wildman–Crippen LogP) is 3.23. The Morgan fingerprint density at radius 3 is 2.79 bits per heavy atom. The third kappa shape index (κ3) is 1.82. The fourth-order valence-corrected chi connectivity index (χ4v) is 1.77. The molecule has 1 aliphatic rings. The maximum absolute atomic E-state index is 13.3. The molecule has 1 heterocycles. The van der Waals surface area contributed by atoms with Crippen LogP contribution in [0.25, 0.3) is 0 Å². The molecule has 0 atom stereocenters. The minimum absolute atomic E-state index is 0.0155. The van der Waals surface area contributed by atoms with Crippen molar-refractivity contribution in [2.24, 2.45) is 0 Å². The Kier molecular flexibility index (Phi) is 2.35. The van der Waals surface area contributed by atoms with E-state index in [0.29, 0.717) is 10.8 Å². The first-order valence-corrected chi connectivity index (χ1v) is 5.06. The fourth-order valence-electron chi connectivity index (χ4n) is 1.62. The first-order chi connectivity index (χ1) is 6.59. The molecule has 2 nitrogen and oxygen atoms in total. The normalized spacial score (nSPS) is 18.8. The number of pyridine rings is 1. The van der Waals surface area contributed by atoms with E-state index in [1.54, 1.807) is 0 Å². The number of aromatic nitrogens is 1. The van der Waals surface area contributed by atoms with Crippen LogP contribution in [0.5, 0.6) is 0 Å². The standard InChI is InChI=1S/C10H12ClFN2/c1-10(3-2-4-10)14-9-8(12)5-7(11)6-13-9/h5-6H,2-4H2,1H3,(H,13,14). The lowest BCUT2D eigenvalue weighted by Crippen LogP contribution is -2.42. The predicted molar refractivity (Wildman–Crippen MR) is 55.1 cm³/mol. The molecule has 1 fully saturated rings. The third-order valence-electron chi connectivity index (χ3n) is 2.69. The Balaban J connectivity index is 2.16. The molecule has 14 heavy (non-hydrogen) atoms. The quantitative estimate of drug-likeness (QED) is 0.818. The largest absolute Gasteiger partial charge is 0.362 e. The Hall–Kier alpha value is -0.830. The van der Waals surface area contributed by atoms with Gasteiger partial charge < -0.3 is 5.32 Å². The van der Waals surface area contributed by atoms with Crippen LogP contribution in [-0.4, -0.2) is 10.5 Å². The molecule has 0 saturated heterocycles. The second-order valence-electron chi connectivity index (χ2n) is 4.02. The van der Waals surface area contributed by atoms with Gasteiger partial charge in [0.05, 0.1) is 5.02 Å². The summed E-state index contributed by atoms with van der Waals surface area (Å²) in [6.45, 7) is 2.08. The Bertz CT molecular complexity index is 350. The SMILES string of the molecule is CC1(Nc2ncc(Cl)cc2F)CCC1. The van der Waals surface area contributed by atoms with E-state index in [1.807, 2.05) is 0 Å². The van der Waals surface area contributed by atoms with Gasteiger partial charge in [0.1, 0.15) is 0 Å². The smallest absolute Gasteiger partial charge is 0.166 e. The maximum atomic E-state index is 13.3. The summed E-state index contributed by atoms with van der Waals surface area (Å²) in [5.74, 6) is -0.0813. The van der Waals surface area contributed by atoms with E-state index in [2.05, 4.69) is 17.2 Å². The molecule has 0 aliphatic heterocycles. The van der Waals surface area contributed by atoms with Crippen LogP contribution < -0.4 is 5.32 Å². The summed E-state index contributed by atoms with van der Waals surface area (Å²) < 4.78 is 13.3. The first-order valence-electron chi connectivity index (χ1n) is 4.68. The third-order valence-corrected chi connectivity index (χ3v) is 2.89. The molecule has 0 amide bonds. The highest BCUT2D eigenvalue weighted by Crippen LogP contribution is 2.34. The van der Waals surface area contributed by atoms with Gasteiger partial charge in [0.25, 0.3) is 0 Å². The van der Waals surface area contributed by atoms with Gasteiger partial charge in [0.15, 0.2) is 11.6 Å². The van der Waals surface area contributed by atoms with Crippen molar-refractivity contribution in [2.75, 3.05) is 5.32 Å². The van der Waals surface area contributed by atoms with E-state index in [-0.39, 0.29) is 11.4 Å². The molecule has 76 valence electrons. The van der Waals surface area contributed by atoms with Crippen molar-refractivity contribution in [3.05, 3.63) is 23.1 Å². The van der Waals surface area contributed by atoms with Gasteiger partial charge in [-0.05, 0) is 32.3 Å². The summed E-state index contributed by atoms with van der Waals surface area (Å²) in [5.41, 5.74) is 0.0155. The zero-order chi connectivity index (χ0) is 10.2. The summed E-state index contributed by atoms with van der Waals surface area (Å²) in [4.78, 5) is 3.93. The Morgan fingerprint density at radius 2 is 2.29 bits per heavy atom. The van der Waals surface area contributed by atoms with Crippen LogP contribution in [-0.2, 0) is 0 Å². The van der Waals surface area contributed by atoms with E-state index in [4.69, 9.17) is 11.6 Å². The van der Waals surface area contributed by atoms with E-state index < -0.39 is 0 Å². The minimum atomic E-state index is -0.384. The van der Waals surface area contributed by atoms with Gasteiger partial charge in [-0.1, -0.05) is 11.6 Å². The van der Waals surface area contributed by atoms with Crippen LogP contribution in [0.4, 0.5) is 10.2 Å². The summed E-state index contributed by atoms with van der Waals surface area (Å²) >= 11 is 5.61. The zero-order valence-electron chi connectivity index (χ0n) is 7.98. The van der Waals surface area contributed by atoms with Gasteiger partial charge in [0.2, 0.25) is 0 Å². The lowest BCUT2D eigenvalue weighted by Gasteiger charge is -2.39. The molecule has 0 aromatic carbocycles. The van der Waals surface area contributed by atoms with E-state index >= 15 is 0 Å². The van der Waals surface area contributed by atoms with Crippen LogP contribution in [0.1, 0.15) is 26.2 Å². The number of hydrogen-bond donors (Lipinski definition) is 1. The number of hydrogen-bond acceptors (Lipinski definition) is 2. The van der Waals surface area contributed by atoms with Gasteiger partial charge in [-0.3, -0.25) is 0 Å².